The molecule has 0 unspecified atom stereocenters. The summed E-state index contributed by atoms with van der Waals surface area (Å²) in [4.78, 5) is 7.96. The van der Waals surface area contributed by atoms with Crippen LogP contribution in [0.3, 0.4) is 0 Å². The van der Waals surface area contributed by atoms with E-state index in [1.807, 2.05) is 14.1 Å². The van der Waals surface area contributed by atoms with Gasteiger partial charge in [0.2, 0.25) is 0 Å². The summed E-state index contributed by atoms with van der Waals surface area (Å²) in [7, 11) is 4.04. The lowest BCUT2D eigenvalue weighted by Crippen LogP contribution is -2.42. The number of aromatic nitrogens is 1. The number of β-amino-alcohol motifs (C(OH)–C–C–N with tert-alkyl or cyclic N) is 1. The molecule has 0 spiro atoms. The molecule has 2 heterocycles. The van der Waals surface area contributed by atoms with Gasteiger partial charge in [0.15, 0.2) is 0 Å². The second kappa shape index (κ2) is 5.69. The number of aliphatic hydroxyl groups is 1. The molecule has 0 amide bonds. The molecule has 1 atom stereocenters. The van der Waals surface area contributed by atoms with Gasteiger partial charge in [-0.3, -0.25) is 4.90 Å². The minimum absolute atomic E-state index is 0.570. The van der Waals surface area contributed by atoms with Crippen LogP contribution >= 0.6 is 0 Å². The molecule has 0 radical (unpaired) electrons. The van der Waals surface area contributed by atoms with Crippen LogP contribution in [0.4, 0.5) is 0 Å². The van der Waals surface area contributed by atoms with Gasteiger partial charge in [-0.1, -0.05) is 18.2 Å². The summed E-state index contributed by atoms with van der Waals surface area (Å²) >= 11 is 0. The van der Waals surface area contributed by atoms with Crippen LogP contribution in [-0.4, -0.2) is 59.2 Å². The Hall–Kier alpha value is -1.36. The summed E-state index contributed by atoms with van der Waals surface area (Å²) in [6.07, 6.45) is 0.851. The average molecular weight is 301 g/mol. The van der Waals surface area contributed by atoms with Crippen molar-refractivity contribution >= 4 is 10.9 Å². The van der Waals surface area contributed by atoms with Gasteiger partial charge < -0.3 is 15.0 Å². The Labute approximate surface area is 132 Å². The number of nitrogens with one attached hydrogen (secondary N) is 1. The summed E-state index contributed by atoms with van der Waals surface area (Å²) in [5, 5.41) is 12.0. The van der Waals surface area contributed by atoms with Gasteiger partial charge >= 0.3 is 0 Å². The highest BCUT2D eigenvalue weighted by Crippen LogP contribution is 2.28. The van der Waals surface area contributed by atoms with Gasteiger partial charge in [-0.2, -0.15) is 0 Å². The Morgan fingerprint density at radius 1 is 1.32 bits per heavy atom. The molecule has 0 bridgehead atoms. The fourth-order valence-electron chi connectivity index (χ4n) is 3.71. The maximum Gasteiger partial charge on any atom is 0.0912 e. The van der Waals surface area contributed by atoms with Crippen molar-refractivity contribution < 1.29 is 5.11 Å². The molecule has 0 saturated carbocycles. The van der Waals surface area contributed by atoms with E-state index in [9.17, 15) is 5.11 Å². The number of hydrogen-bond donors (Lipinski definition) is 2. The van der Waals surface area contributed by atoms with Crippen LogP contribution in [0.2, 0.25) is 0 Å². The molecule has 120 valence electrons. The fourth-order valence-corrected chi connectivity index (χ4v) is 3.71. The van der Waals surface area contributed by atoms with E-state index in [4.69, 9.17) is 0 Å². The van der Waals surface area contributed by atoms with E-state index < -0.39 is 5.60 Å². The highest BCUT2D eigenvalue weighted by atomic mass is 16.3. The Morgan fingerprint density at radius 3 is 2.82 bits per heavy atom. The number of aromatic amines is 1. The minimum atomic E-state index is -0.570. The van der Waals surface area contributed by atoms with E-state index in [0.29, 0.717) is 0 Å². The molecule has 22 heavy (non-hydrogen) atoms. The lowest BCUT2D eigenvalue weighted by molar-refractivity contribution is 0.0240. The zero-order valence-electron chi connectivity index (χ0n) is 14.1. The molecule has 2 aromatic rings. The number of hydrogen-bond acceptors (Lipinski definition) is 3. The third-order valence-corrected chi connectivity index (χ3v) is 4.85. The molecule has 1 aromatic carbocycles. The topological polar surface area (TPSA) is 42.5 Å². The second-order valence-electron chi connectivity index (χ2n) is 7.14. The monoisotopic (exact) mass is 301 g/mol. The second-order valence-corrected chi connectivity index (χ2v) is 7.14. The summed E-state index contributed by atoms with van der Waals surface area (Å²) < 4.78 is 0. The molecule has 2 N–H and O–H groups in total. The van der Waals surface area contributed by atoms with Crippen LogP contribution in [-0.2, 0) is 6.54 Å². The quantitative estimate of drug-likeness (QED) is 0.910. The van der Waals surface area contributed by atoms with Crippen LogP contribution in [0.1, 0.15) is 23.2 Å². The van der Waals surface area contributed by atoms with Gasteiger partial charge in [-0.05, 0) is 45.5 Å². The van der Waals surface area contributed by atoms with Gasteiger partial charge in [0.25, 0.3) is 0 Å². The van der Waals surface area contributed by atoms with Crippen molar-refractivity contribution in [3.8, 4) is 0 Å². The standard InChI is InChI=1S/C18H27N3O/c1-13-14(2)19-17-15(6-5-7-16(13)17)10-21-9-8-18(22,12-21)11-20(3)4/h5-7,19,22H,8-12H2,1-4H3/t18-/m0/s1. The number of rotatable bonds is 4. The number of likely N-dealkylation sites (N-methyl/N-ethyl adjacent to an activating group) is 1. The fraction of sp³-hybridized carbons (Fsp3) is 0.556. The number of likely N-dealkylation sites (tertiary alicyclic amines) is 1. The van der Waals surface area contributed by atoms with Crippen LogP contribution in [0.5, 0.6) is 0 Å². The normalized spacial score (nSPS) is 23.0. The van der Waals surface area contributed by atoms with Crippen LogP contribution in [0.25, 0.3) is 10.9 Å². The molecule has 4 heteroatoms. The van der Waals surface area contributed by atoms with Gasteiger partial charge in [0.05, 0.1) is 11.1 Å². The first-order chi connectivity index (χ1) is 10.4. The average Bonchev–Trinajstić information content (AvgIpc) is 2.92. The van der Waals surface area contributed by atoms with Crippen LogP contribution in [0.15, 0.2) is 18.2 Å². The van der Waals surface area contributed by atoms with Crippen molar-refractivity contribution in [1.29, 1.82) is 0 Å². The highest BCUT2D eigenvalue weighted by molar-refractivity contribution is 5.87. The van der Waals surface area contributed by atoms with E-state index in [1.165, 1.54) is 27.7 Å². The number of nitrogens with zero attached hydrogens (tertiary/aromatic N) is 2. The molecular formula is C18H27N3O. The maximum atomic E-state index is 10.7. The first-order valence-corrected chi connectivity index (χ1v) is 8.04. The minimum Gasteiger partial charge on any atom is -0.387 e. The predicted molar refractivity (Wildman–Crippen MR) is 91.2 cm³/mol. The highest BCUT2D eigenvalue weighted by Gasteiger charge is 2.36. The largest absolute Gasteiger partial charge is 0.387 e. The van der Waals surface area contributed by atoms with Gasteiger partial charge in [0.1, 0.15) is 0 Å². The van der Waals surface area contributed by atoms with Crippen LogP contribution < -0.4 is 0 Å². The van der Waals surface area contributed by atoms with Gasteiger partial charge in [-0.15, -0.1) is 0 Å². The number of para-hydroxylation sites is 1. The van der Waals surface area contributed by atoms with Crippen molar-refractivity contribution in [3.63, 3.8) is 0 Å². The van der Waals surface area contributed by atoms with Crippen molar-refractivity contribution in [2.75, 3.05) is 33.7 Å². The number of fused-ring (bicyclic) bond motifs is 1. The maximum absolute atomic E-state index is 10.7. The zero-order valence-corrected chi connectivity index (χ0v) is 14.1. The Bertz CT molecular complexity index is 676. The molecule has 4 nitrogen and oxygen atoms in total. The summed E-state index contributed by atoms with van der Waals surface area (Å²) in [6.45, 7) is 7.63. The summed E-state index contributed by atoms with van der Waals surface area (Å²) in [5.41, 5.74) is 4.58. The first-order valence-electron chi connectivity index (χ1n) is 8.04. The Morgan fingerprint density at radius 2 is 2.09 bits per heavy atom. The molecule has 1 saturated heterocycles. The molecule has 1 aromatic heterocycles. The van der Waals surface area contributed by atoms with Gasteiger partial charge in [-0.25, -0.2) is 0 Å². The molecule has 0 aliphatic carbocycles. The van der Waals surface area contributed by atoms with Crippen LogP contribution in [0, 0.1) is 13.8 Å². The molecule has 1 aliphatic heterocycles. The van der Waals surface area contributed by atoms with Crippen molar-refractivity contribution in [2.45, 2.75) is 32.4 Å². The third kappa shape index (κ3) is 2.91. The smallest absolute Gasteiger partial charge is 0.0912 e. The van der Waals surface area contributed by atoms with E-state index in [-0.39, 0.29) is 0 Å². The zero-order chi connectivity index (χ0) is 15.9. The third-order valence-electron chi connectivity index (χ3n) is 4.85. The SMILES string of the molecule is Cc1[nH]c2c(CN3CC[C@](O)(CN(C)C)C3)cccc2c1C. The summed E-state index contributed by atoms with van der Waals surface area (Å²) in [5.74, 6) is 0. The number of aryl methyl sites for hydroxylation is 2. The lowest BCUT2D eigenvalue weighted by Gasteiger charge is -2.26. The van der Waals surface area contributed by atoms with E-state index >= 15 is 0 Å². The molecule has 1 aliphatic rings. The Balaban J connectivity index is 1.79. The van der Waals surface area contributed by atoms with E-state index in [1.54, 1.807) is 0 Å². The molecule has 1 fully saturated rings. The summed E-state index contributed by atoms with van der Waals surface area (Å²) in [6, 6.07) is 6.52. The molecule has 3 rings (SSSR count). The predicted octanol–water partition coefficient (Wildman–Crippen LogP) is 2.28. The van der Waals surface area contributed by atoms with E-state index in [0.717, 1.165) is 32.6 Å². The van der Waals surface area contributed by atoms with Crippen molar-refractivity contribution in [3.05, 3.63) is 35.0 Å². The van der Waals surface area contributed by atoms with Crippen molar-refractivity contribution in [2.24, 2.45) is 0 Å². The lowest BCUT2D eigenvalue weighted by atomic mass is 10.0. The Kier molecular flexibility index (Phi) is 4.02. The van der Waals surface area contributed by atoms with E-state index in [2.05, 4.69) is 46.8 Å². The number of benzene rings is 1. The number of H-pyrrole nitrogens is 1. The van der Waals surface area contributed by atoms with Gasteiger partial charge in [0, 0.05) is 37.3 Å². The first kappa shape index (κ1) is 15.5. The van der Waals surface area contributed by atoms with Crippen molar-refractivity contribution in [1.82, 2.24) is 14.8 Å². The molecular weight excluding hydrogens is 274 g/mol.